The van der Waals surface area contributed by atoms with Crippen LogP contribution in [0, 0.1) is 0 Å². The van der Waals surface area contributed by atoms with E-state index in [4.69, 9.17) is 17.8 Å². The van der Waals surface area contributed by atoms with Gasteiger partial charge in [0.2, 0.25) is 0 Å². The molecule has 1 heterocycles. The maximum atomic E-state index is 6.92. The highest BCUT2D eigenvalue weighted by Crippen LogP contribution is 2.40. The maximum Gasteiger partial charge on any atom is 0.387 e. The lowest BCUT2D eigenvalue weighted by atomic mass is 9.99. The van der Waals surface area contributed by atoms with Crippen molar-refractivity contribution in [2.45, 2.75) is 66.9 Å². The average Bonchev–Trinajstić information content (AvgIpc) is 3.08. The lowest BCUT2D eigenvalue weighted by Gasteiger charge is -2.07. The van der Waals surface area contributed by atoms with Gasteiger partial charge in [-0.25, -0.2) is 0 Å². The molecule has 0 amide bonds. The van der Waals surface area contributed by atoms with Gasteiger partial charge >= 0.3 is 8.24 Å². The number of benzene rings is 4. The van der Waals surface area contributed by atoms with Gasteiger partial charge in [-0.15, -0.1) is 0 Å². The third kappa shape index (κ3) is 7.11. The van der Waals surface area contributed by atoms with Crippen molar-refractivity contribution in [3.05, 3.63) is 72.8 Å². The molecule has 2 atom stereocenters. The van der Waals surface area contributed by atoms with Gasteiger partial charge in [-0.1, -0.05) is 108 Å². The average molecular weight is 527 g/mol. The standard InChI is InChI=1S/C25H23O3P.C3H8.C2H6.H3OP/c1-3-8-17(2)26-29-27-22-15-13-18-9-4-6-11-20(18)24(22)25-21-12-7-5-10-19(21)14-16-23(25)28-29;1-3-2;2*1-2/h4-7,9-17H,3,8H2,1-2H3;3H2,1-2H3;1-2H3;1H,2H2/t17-;;;/m0.../s1. The molecule has 1 aromatic heterocycles. The predicted octanol–water partition coefficient (Wildman–Crippen LogP) is 10.4. The van der Waals surface area contributed by atoms with Gasteiger partial charge in [-0.3, -0.25) is 4.52 Å². The zero-order valence-corrected chi connectivity index (χ0v) is 24.4. The molecule has 1 unspecified atom stereocenters. The molecule has 0 saturated heterocycles. The van der Waals surface area contributed by atoms with Crippen molar-refractivity contribution in [3.8, 4) is 0 Å². The summed E-state index contributed by atoms with van der Waals surface area (Å²) in [4.78, 5) is 6.92. The molecule has 0 aliphatic carbocycles. The van der Waals surface area contributed by atoms with Crippen LogP contribution < -0.4 is 4.52 Å². The smallest absolute Gasteiger partial charge is 0.387 e. The largest absolute Gasteiger partial charge is 0.399 e. The molecule has 0 bridgehead atoms. The quantitative estimate of drug-likeness (QED) is 0.237. The van der Waals surface area contributed by atoms with Crippen molar-refractivity contribution in [1.29, 1.82) is 0 Å². The van der Waals surface area contributed by atoms with E-state index in [0.29, 0.717) is 0 Å². The third-order valence-electron chi connectivity index (χ3n) is 5.34. The van der Waals surface area contributed by atoms with Crippen molar-refractivity contribution in [1.82, 2.24) is 0 Å². The summed E-state index contributed by atoms with van der Waals surface area (Å²) in [7, 11) is -0.117. The third-order valence-corrected chi connectivity index (χ3v) is 6.56. The normalized spacial score (nSPS) is 11.1. The summed E-state index contributed by atoms with van der Waals surface area (Å²) in [6.45, 7) is 12.5. The second kappa shape index (κ2) is 15.7. The number of hydrogen-bond acceptors (Lipinski definition) is 4. The van der Waals surface area contributed by atoms with E-state index >= 15 is 0 Å². The molecule has 0 aliphatic heterocycles. The van der Waals surface area contributed by atoms with Gasteiger partial charge in [-0.05, 0) is 56.5 Å². The van der Waals surface area contributed by atoms with Gasteiger partial charge < -0.3 is 13.3 Å². The van der Waals surface area contributed by atoms with Gasteiger partial charge in [0, 0.05) is 10.8 Å². The first kappa shape index (κ1) is 29.9. The minimum absolute atomic E-state index is 0.0806. The molecule has 5 rings (SSSR count). The van der Waals surface area contributed by atoms with Crippen LogP contribution in [0.5, 0.6) is 0 Å². The molecule has 0 fully saturated rings. The fraction of sp³-hybridized carbons (Fsp3) is 0.333. The molecule has 194 valence electrons. The lowest BCUT2D eigenvalue weighted by molar-refractivity contribution is 0.264. The number of fused-ring (bicyclic) bond motifs is 7. The van der Waals surface area contributed by atoms with Crippen LogP contribution in [-0.2, 0) is 0 Å². The first-order chi connectivity index (χ1) is 17.7. The first-order valence-corrected chi connectivity index (χ1v) is 14.4. The minimum atomic E-state index is -1.53. The molecule has 0 aliphatic rings. The van der Waals surface area contributed by atoms with Crippen LogP contribution >= 0.6 is 17.7 Å². The van der Waals surface area contributed by atoms with E-state index in [1.54, 1.807) is 0 Å². The summed E-state index contributed by atoms with van der Waals surface area (Å²) in [6.07, 6.45) is 3.37. The Morgan fingerprint density at radius 2 is 1.17 bits per heavy atom. The number of rotatable bonds is 4. The Kier molecular flexibility index (Phi) is 13.0. The Morgan fingerprint density at radius 1 is 0.750 bits per heavy atom. The van der Waals surface area contributed by atoms with Crippen LogP contribution in [0.2, 0.25) is 0 Å². The molecule has 0 radical (unpaired) electrons. The maximum absolute atomic E-state index is 6.92. The van der Waals surface area contributed by atoms with E-state index in [9.17, 15) is 0 Å². The van der Waals surface area contributed by atoms with Crippen LogP contribution in [0.3, 0.4) is 0 Å². The Bertz CT molecular complexity index is 1300. The van der Waals surface area contributed by atoms with Gasteiger partial charge in [0.25, 0.3) is 0 Å². The summed E-state index contributed by atoms with van der Waals surface area (Å²) < 4.78 is 18.8. The van der Waals surface area contributed by atoms with E-state index in [-0.39, 0.29) is 6.10 Å². The topological polar surface area (TPSA) is 55.7 Å². The van der Waals surface area contributed by atoms with Gasteiger partial charge in [0.05, 0.1) is 6.10 Å². The lowest BCUT2D eigenvalue weighted by Crippen LogP contribution is -2.08. The fourth-order valence-corrected chi connectivity index (χ4v) is 5.15. The van der Waals surface area contributed by atoms with Gasteiger partial charge in [0.1, 0.15) is 11.2 Å². The molecular formula is C30H40O4P2. The molecule has 0 spiro atoms. The van der Waals surface area contributed by atoms with Crippen molar-refractivity contribution in [2.24, 2.45) is 0 Å². The summed E-state index contributed by atoms with van der Waals surface area (Å²) in [5, 5.41) is 6.83. The first-order valence-electron chi connectivity index (χ1n) is 12.8. The van der Waals surface area contributed by atoms with E-state index in [1.165, 1.54) is 26.7 Å². The predicted molar refractivity (Wildman–Crippen MR) is 162 cm³/mol. The Hall–Kier alpha value is -2.35. The van der Waals surface area contributed by atoms with Gasteiger partial charge in [-0.2, -0.15) is 0 Å². The van der Waals surface area contributed by atoms with E-state index in [1.807, 2.05) is 26.0 Å². The van der Waals surface area contributed by atoms with E-state index in [2.05, 4.69) is 88.4 Å². The summed E-state index contributed by atoms with van der Waals surface area (Å²) >= 11 is 0. The zero-order chi connectivity index (χ0) is 26.5. The summed E-state index contributed by atoms with van der Waals surface area (Å²) in [6, 6.07) is 25.1. The van der Waals surface area contributed by atoms with Crippen molar-refractivity contribution >= 4 is 61.2 Å². The molecule has 6 heteroatoms. The summed E-state index contributed by atoms with van der Waals surface area (Å²) in [5.74, 6) is 0. The Morgan fingerprint density at radius 3 is 1.58 bits per heavy atom. The van der Waals surface area contributed by atoms with Crippen LogP contribution in [-0.4, -0.2) is 11.0 Å². The second-order valence-electron chi connectivity index (χ2n) is 8.14. The molecule has 4 aromatic carbocycles. The Balaban J connectivity index is 0.000000596. The molecule has 36 heavy (non-hydrogen) atoms. The highest BCUT2D eigenvalue weighted by atomic mass is 31.1. The molecule has 0 saturated carbocycles. The minimum Gasteiger partial charge on any atom is -0.399 e. The number of hydrogen-bond donors (Lipinski definition) is 1. The highest BCUT2D eigenvalue weighted by Gasteiger charge is 2.14. The van der Waals surface area contributed by atoms with Crippen molar-refractivity contribution < 1.29 is 17.8 Å². The van der Waals surface area contributed by atoms with Gasteiger partial charge in [0.15, 0.2) is 0 Å². The molecule has 1 N–H and O–H groups in total. The highest BCUT2D eigenvalue weighted by molar-refractivity contribution is 7.31. The second-order valence-corrected chi connectivity index (χ2v) is 9.16. The van der Waals surface area contributed by atoms with E-state index in [0.717, 1.165) is 45.6 Å². The SMILES string of the molecule is CC.CCC.CCC[C@H](C)Op1oc2ccc3ccccc3c2c2c(ccc3ccccc32)o1.OP. The molecule has 4 nitrogen and oxygen atoms in total. The van der Waals surface area contributed by atoms with Crippen molar-refractivity contribution in [3.63, 3.8) is 0 Å². The van der Waals surface area contributed by atoms with Crippen LogP contribution in [0.4, 0.5) is 0 Å². The Labute approximate surface area is 218 Å². The van der Waals surface area contributed by atoms with E-state index < -0.39 is 8.24 Å². The fourth-order valence-electron chi connectivity index (χ4n) is 4.00. The molecular weight excluding hydrogens is 486 g/mol. The zero-order valence-electron chi connectivity index (χ0n) is 22.3. The monoisotopic (exact) mass is 526 g/mol. The van der Waals surface area contributed by atoms with Crippen LogP contribution in [0.15, 0.2) is 81.2 Å². The molecule has 5 aromatic rings. The van der Waals surface area contributed by atoms with Crippen LogP contribution in [0.25, 0.3) is 43.5 Å². The van der Waals surface area contributed by atoms with Crippen LogP contribution in [0.1, 0.15) is 60.8 Å². The van der Waals surface area contributed by atoms with Crippen molar-refractivity contribution in [2.75, 3.05) is 0 Å². The summed E-state index contributed by atoms with van der Waals surface area (Å²) in [5.41, 5.74) is 1.63.